The molecule has 0 fully saturated rings. The van der Waals surface area contributed by atoms with Crippen LogP contribution in [0, 0.1) is 0 Å². The molecule has 0 aliphatic rings. The quantitative estimate of drug-likeness (QED) is 0.469. The van der Waals surface area contributed by atoms with Gasteiger partial charge >= 0.3 is 0 Å². The van der Waals surface area contributed by atoms with E-state index in [0.29, 0.717) is 10.3 Å². The smallest absolute Gasteiger partial charge is 0.221 e. The molecule has 1 aromatic rings. The predicted molar refractivity (Wildman–Crippen MR) is 61.8 cm³/mol. The number of aliphatic hydroxyl groups is 3. The van der Waals surface area contributed by atoms with Crippen LogP contribution in [0.4, 0.5) is 11.8 Å². The van der Waals surface area contributed by atoms with E-state index in [1.54, 1.807) is 0 Å². The number of hydrogen-bond acceptors (Lipinski definition) is 7. The highest BCUT2D eigenvalue weighted by Crippen LogP contribution is 2.22. The van der Waals surface area contributed by atoms with Gasteiger partial charge in [0.1, 0.15) is 11.4 Å². The number of rotatable bonds is 5. The summed E-state index contributed by atoms with van der Waals surface area (Å²) in [4.78, 5) is 7.62. The van der Waals surface area contributed by atoms with Crippen LogP contribution in [-0.4, -0.2) is 50.6 Å². The van der Waals surface area contributed by atoms with Gasteiger partial charge in [-0.25, -0.2) is 4.98 Å². The monoisotopic (exact) mass is 292 g/mol. The Morgan fingerprint density at radius 2 is 1.88 bits per heavy atom. The normalized spacial score (nSPS) is 11.5. The molecule has 1 rings (SSSR count). The molecular formula is C8H13BrN4O3. The lowest BCUT2D eigenvalue weighted by molar-refractivity contribution is 0.0830. The summed E-state index contributed by atoms with van der Waals surface area (Å²) in [5, 5.41) is 30.1. The maximum atomic E-state index is 9.13. The van der Waals surface area contributed by atoms with Crippen molar-refractivity contribution < 1.29 is 15.3 Å². The van der Waals surface area contributed by atoms with Gasteiger partial charge < -0.3 is 26.4 Å². The van der Waals surface area contributed by atoms with E-state index in [9.17, 15) is 0 Å². The molecule has 7 nitrogen and oxygen atoms in total. The highest BCUT2D eigenvalue weighted by molar-refractivity contribution is 9.10. The van der Waals surface area contributed by atoms with Crippen LogP contribution in [0.15, 0.2) is 10.7 Å². The summed E-state index contributed by atoms with van der Waals surface area (Å²) in [5.41, 5.74) is 4.15. The molecule has 0 atom stereocenters. The topological polar surface area (TPSA) is 125 Å². The first-order valence-corrected chi connectivity index (χ1v) is 5.25. The first kappa shape index (κ1) is 13.1. The Labute approximate surface area is 100 Å². The molecule has 0 aromatic carbocycles. The molecule has 0 bridgehead atoms. The van der Waals surface area contributed by atoms with Gasteiger partial charge in [-0.05, 0) is 15.9 Å². The summed E-state index contributed by atoms with van der Waals surface area (Å²) in [6.07, 6.45) is 1.43. The molecule has 1 heterocycles. The molecule has 0 aliphatic carbocycles. The molecule has 0 spiro atoms. The molecule has 0 aliphatic heterocycles. The van der Waals surface area contributed by atoms with Gasteiger partial charge in [-0.2, -0.15) is 4.98 Å². The number of halogens is 1. The Hall–Kier alpha value is -0.960. The fourth-order valence-corrected chi connectivity index (χ4v) is 1.28. The van der Waals surface area contributed by atoms with Gasteiger partial charge in [-0.3, -0.25) is 0 Å². The Morgan fingerprint density at radius 3 is 2.38 bits per heavy atom. The lowest BCUT2D eigenvalue weighted by Gasteiger charge is -2.29. The molecule has 0 amide bonds. The largest absolute Gasteiger partial charge is 0.394 e. The molecule has 90 valence electrons. The van der Waals surface area contributed by atoms with Crippen LogP contribution in [0.1, 0.15) is 0 Å². The van der Waals surface area contributed by atoms with E-state index in [-0.39, 0.29) is 5.95 Å². The second-order valence-electron chi connectivity index (χ2n) is 3.30. The molecule has 0 unspecified atom stereocenters. The minimum absolute atomic E-state index is 0.0495. The number of nitrogen functional groups attached to an aromatic ring is 1. The maximum absolute atomic E-state index is 9.13. The minimum Gasteiger partial charge on any atom is -0.394 e. The van der Waals surface area contributed by atoms with Gasteiger partial charge in [-0.15, -0.1) is 0 Å². The fraction of sp³-hybridized carbons (Fsp3) is 0.500. The lowest BCUT2D eigenvalue weighted by Crippen LogP contribution is -2.49. The molecule has 0 saturated carbocycles. The SMILES string of the molecule is Nc1ncc(Br)c(NC(CO)(CO)CO)n1. The molecule has 6 N–H and O–H groups in total. The van der Waals surface area contributed by atoms with E-state index in [1.807, 2.05) is 0 Å². The number of nitrogens with one attached hydrogen (secondary N) is 1. The van der Waals surface area contributed by atoms with Gasteiger partial charge in [-0.1, -0.05) is 0 Å². The summed E-state index contributed by atoms with van der Waals surface area (Å²) in [6, 6.07) is 0. The van der Waals surface area contributed by atoms with Gasteiger partial charge in [0.05, 0.1) is 24.3 Å². The van der Waals surface area contributed by atoms with E-state index in [1.165, 1.54) is 6.20 Å². The van der Waals surface area contributed by atoms with E-state index < -0.39 is 25.4 Å². The zero-order valence-corrected chi connectivity index (χ0v) is 9.98. The van der Waals surface area contributed by atoms with E-state index in [4.69, 9.17) is 21.1 Å². The summed E-state index contributed by atoms with van der Waals surface area (Å²) >= 11 is 3.18. The Bertz CT molecular complexity index is 351. The minimum atomic E-state index is -1.25. The van der Waals surface area contributed by atoms with Gasteiger partial charge in [0.15, 0.2) is 0 Å². The van der Waals surface area contributed by atoms with Gasteiger partial charge in [0.2, 0.25) is 5.95 Å². The molecule has 0 radical (unpaired) electrons. The van der Waals surface area contributed by atoms with Gasteiger partial charge in [0, 0.05) is 6.20 Å². The number of hydrogen-bond donors (Lipinski definition) is 5. The second-order valence-corrected chi connectivity index (χ2v) is 4.16. The van der Waals surface area contributed by atoms with E-state index >= 15 is 0 Å². The summed E-state index contributed by atoms with van der Waals surface area (Å²) in [7, 11) is 0. The Kier molecular flexibility index (Phi) is 4.42. The molecule has 8 heteroatoms. The fourth-order valence-electron chi connectivity index (χ4n) is 0.988. The van der Waals surface area contributed by atoms with Crippen molar-refractivity contribution in [1.29, 1.82) is 0 Å². The number of aliphatic hydroxyl groups excluding tert-OH is 3. The Balaban J connectivity index is 2.97. The third kappa shape index (κ3) is 2.79. The zero-order valence-electron chi connectivity index (χ0n) is 8.39. The van der Waals surface area contributed by atoms with E-state index in [0.717, 1.165) is 0 Å². The van der Waals surface area contributed by atoms with Crippen LogP contribution in [0.2, 0.25) is 0 Å². The van der Waals surface area contributed by atoms with Gasteiger partial charge in [0.25, 0.3) is 0 Å². The van der Waals surface area contributed by atoms with Crippen molar-refractivity contribution in [2.24, 2.45) is 0 Å². The van der Waals surface area contributed by atoms with Crippen LogP contribution >= 0.6 is 15.9 Å². The van der Waals surface area contributed by atoms with Crippen LogP contribution in [-0.2, 0) is 0 Å². The number of anilines is 2. The van der Waals surface area contributed by atoms with Crippen LogP contribution < -0.4 is 11.1 Å². The summed E-state index contributed by atoms with van der Waals surface area (Å²) < 4.78 is 0.515. The first-order chi connectivity index (χ1) is 7.56. The zero-order chi connectivity index (χ0) is 12.2. The van der Waals surface area contributed by atoms with Crippen molar-refractivity contribution >= 4 is 27.7 Å². The van der Waals surface area contributed by atoms with Crippen LogP contribution in [0.25, 0.3) is 0 Å². The number of nitrogens with zero attached hydrogens (tertiary/aromatic N) is 2. The third-order valence-electron chi connectivity index (χ3n) is 2.05. The molecule has 16 heavy (non-hydrogen) atoms. The first-order valence-electron chi connectivity index (χ1n) is 4.45. The van der Waals surface area contributed by atoms with Crippen LogP contribution in [0.5, 0.6) is 0 Å². The van der Waals surface area contributed by atoms with Crippen molar-refractivity contribution in [3.8, 4) is 0 Å². The number of nitrogens with two attached hydrogens (primary N) is 1. The average Bonchev–Trinajstić information content (AvgIpc) is 2.31. The van der Waals surface area contributed by atoms with Crippen molar-refractivity contribution in [2.45, 2.75) is 5.54 Å². The Morgan fingerprint density at radius 1 is 1.31 bits per heavy atom. The summed E-state index contributed by atoms with van der Waals surface area (Å²) in [5.74, 6) is 0.345. The predicted octanol–water partition coefficient (Wildman–Crippen LogP) is -1.05. The van der Waals surface area contributed by atoms with Crippen molar-refractivity contribution in [3.05, 3.63) is 10.7 Å². The highest BCUT2D eigenvalue weighted by Gasteiger charge is 2.29. The lowest BCUT2D eigenvalue weighted by atomic mass is 10.0. The maximum Gasteiger partial charge on any atom is 0.221 e. The average molecular weight is 293 g/mol. The van der Waals surface area contributed by atoms with Crippen molar-refractivity contribution in [2.75, 3.05) is 30.9 Å². The molecule has 0 saturated heterocycles. The van der Waals surface area contributed by atoms with Crippen molar-refractivity contribution in [1.82, 2.24) is 9.97 Å². The van der Waals surface area contributed by atoms with Crippen molar-refractivity contribution in [3.63, 3.8) is 0 Å². The van der Waals surface area contributed by atoms with E-state index in [2.05, 4.69) is 31.2 Å². The highest BCUT2D eigenvalue weighted by atomic mass is 79.9. The second kappa shape index (κ2) is 5.39. The number of aromatic nitrogens is 2. The summed E-state index contributed by atoms with van der Waals surface area (Å²) in [6.45, 7) is -1.34. The third-order valence-corrected chi connectivity index (χ3v) is 2.63. The molecular weight excluding hydrogens is 280 g/mol. The molecule has 1 aromatic heterocycles. The standard InChI is InChI=1S/C8H13BrN4O3/c9-5-1-11-7(10)12-6(5)13-8(2-14,3-15)4-16/h1,14-16H,2-4H2,(H3,10,11,12,13). The van der Waals surface area contributed by atoms with Crippen LogP contribution in [0.3, 0.4) is 0 Å².